The van der Waals surface area contributed by atoms with Gasteiger partial charge in [-0.3, -0.25) is 14.4 Å². The van der Waals surface area contributed by atoms with Crippen LogP contribution in [0, 0.1) is 18.3 Å². The summed E-state index contributed by atoms with van der Waals surface area (Å²) < 4.78 is 5.39. The van der Waals surface area contributed by atoms with Crippen molar-refractivity contribution in [3.63, 3.8) is 0 Å². The van der Waals surface area contributed by atoms with Gasteiger partial charge in [-0.15, -0.1) is 6.42 Å². The normalized spacial score (nSPS) is 20.6. The summed E-state index contributed by atoms with van der Waals surface area (Å²) in [5, 5.41) is 5.81. The van der Waals surface area contributed by atoms with Crippen LogP contribution >= 0.6 is 0 Å². The molecule has 4 atom stereocenters. The number of nitrogens with one attached hydrogen (secondary N) is 2. The number of rotatable bonds is 10. The molecule has 2 saturated carbocycles. The molecule has 4 amide bonds. The van der Waals surface area contributed by atoms with Crippen LogP contribution in [0.1, 0.15) is 96.2 Å². The topological polar surface area (TPSA) is 131 Å². The van der Waals surface area contributed by atoms with Crippen LogP contribution in [-0.4, -0.2) is 52.4 Å². The largest absolute Gasteiger partial charge is 0.444 e. The zero-order chi connectivity index (χ0) is 28.7. The van der Waals surface area contributed by atoms with Crippen LogP contribution in [0.25, 0.3) is 0 Å². The summed E-state index contributed by atoms with van der Waals surface area (Å²) in [6, 6.07) is 4.84. The lowest BCUT2D eigenvalue weighted by molar-refractivity contribution is -0.144. The first-order valence-electron chi connectivity index (χ1n) is 13.9. The summed E-state index contributed by atoms with van der Waals surface area (Å²) >= 11 is 0. The Morgan fingerprint density at radius 2 is 1.74 bits per heavy atom. The molecular weight excluding hydrogens is 496 g/mol. The molecule has 2 fully saturated rings. The molecule has 0 aromatic heterocycles. The number of hydrogen-bond acceptors (Lipinski definition) is 5. The second kappa shape index (κ2) is 13.0. The van der Waals surface area contributed by atoms with E-state index in [0.717, 1.165) is 38.5 Å². The molecule has 0 radical (unpaired) electrons. The number of alkyl carbamates (subject to hydrolysis) is 1. The Kier molecular flexibility index (Phi) is 10.0. The van der Waals surface area contributed by atoms with E-state index in [1.807, 2.05) is 6.92 Å². The third kappa shape index (κ3) is 8.74. The van der Waals surface area contributed by atoms with Gasteiger partial charge in [0.05, 0.1) is 0 Å². The first kappa shape index (κ1) is 30.0. The molecule has 39 heavy (non-hydrogen) atoms. The predicted octanol–water partition coefficient (Wildman–Crippen LogP) is 3.55. The van der Waals surface area contributed by atoms with Crippen LogP contribution in [0.15, 0.2) is 24.3 Å². The number of carbonyl (C=O) groups is 4. The molecule has 212 valence electrons. The van der Waals surface area contributed by atoms with Crippen molar-refractivity contribution in [2.45, 2.75) is 109 Å². The van der Waals surface area contributed by atoms with E-state index in [4.69, 9.17) is 16.9 Å². The van der Waals surface area contributed by atoms with Gasteiger partial charge < -0.3 is 26.0 Å². The van der Waals surface area contributed by atoms with Gasteiger partial charge in [-0.25, -0.2) is 4.79 Å². The Balaban J connectivity index is 1.98. The molecule has 4 unspecified atom stereocenters. The highest BCUT2D eigenvalue weighted by Gasteiger charge is 2.48. The Hall–Kier alpha value is -3.54. The van der Waals surface area contributed by atoms with Crippen molar-refractivity contribution in [3.05, 3.63) is 35.4 Å². The van der Waals surface area contributed by atoms with Crippen molar-refractivity contribution in [1.29, 1.82) is 0 Å². The maximum Gasteiger partial charge on any atom is 0.408 e. The highest BCUT2D eigenvalue weighted by atomic mass is 16.6. The lowest BCUT2D eigenvalue weighted by atomic mass is 9.94. The van der Waals surface area contributed by atoms with Crippen molar-refractivity contribution < 1.29 is 23.9 Å². The number of hydrogen-bond donors (Lipinski definition) is 3. The van der Waals surface area contributed by atoms with Gasteiger partial charge in [0, 0.05) is 24.1 Å². The van der Waals surface area contributed by atoms with Gasteiger partial charge in [0.25, 0.3) is 0 Å². The van der Waals surface area contributed by atoms with Crippen molar-refractivity contribution in [2.75, 3.05) is 0 Å². The summed E-state index contributed by atoms with van der Waals surface area (Å²) in [7, 11) is 0. The monoisotopic (exact) mass is 538 g/mol. The Bertz CT molecular complexity index is 1080. The van der Waals surface area contributed by atoms with E-state index in [9.17, 15) is 19.2 Å². The van der Waals surface area contributed by atoms with Crippen molar-refractivity contribution in [1.82, 2.24) is 15.5 Å². The van der Waals surface area contributed by atoms with E-state index in [1.54, 1.807) is 49.9 Å². The molecule has 0 aliphatic heterocycles. The van der Waals surface area contributed by atoms with E-state index in [-0.39, 0.29) is 36.8 Å². The molecule has 1 aromatic rings. The third-order valence-corrected chi connectivity index (χ3v) is 7.22. The standard InChI is InChI=1S/C30H42N4O5/c1-6-20-12-14-21(15-13-20)26(27(36)32-22-10-8-7-9-11-22)34(24-18-19(24)2)28(37)23(16-17-25(31)35)33-29(38)39-30(3,4)5/h1,12-15,19,22-24,26H,7-11,16-18H2,2-5H3,(H2,31,35)(H,32,36)(H,33,38). The summed E-state index contributed by atoms with van der Waals surface area (Å²) in [5.41, 5.74) is 5.89. The minimum absolute atomic E-state index is 0.0159. The van der Waals surface area contributed by atoms with E-state index >= 15 is 0 Å². The van der Waals surface area contributed by atoms with Gasteiger partial charge in [0.2, 0.25) is 17.7 Å². The van der Waals surface area contributed by atoms with E-state index in [0.29, 0.717) is 11.1 Å². The molecule has 2 aliphatic carbocycles. The number of benzene rings is 1. The second-order valence-electron chi connectivity index (χ2n) is 11.7. The highest BCUT2D eigenvalue weighted by Crippen LogP contribution is 2.41. The molecule has 0 saturated heterocycles. The molecule has 0 spiro atoms. The fraction of sp³-hybridized carbons (Fsp3) is 0.600. The highest BCUT2D eigenvalue weighted by molar-refractivity contribution is 5.93. The molecular formula is C30H42N4O5. The number of primary amides is 1. The number of ether oxygens (including phenoxy) is 1. The first-order chi connectivity index (χ1) is 18.4. The van der Waals surface area contributed by atoms with Gasteiger partial charge in [-0.05, 0) is 70.1 Å². The fourth-order valence-corrected chi connectivity index (χ4v) is 5.07. The predicted molar refractivity (Wildman–Crippen MR) is 148 cm³/mol. The Morgan fingerprint density at radius 3 is 2.26 bits per heavy atom. The van der Waals surface area contributed by atoms with Crippen LogP contribution in [-0.2, 0) is 19.1 Å². The summed E-state index contributed by atoms with van der Waals surface area (Å²) in [5.74, 6) is 1.43. The van der Waals surface area contributed by atoms with Crippen LogP contribution in [0.3, 0.4) is 0 Å². The van der Waals surface area contributed by atoms with Crippen molar-refractivity contribution in [3.8, 4) is 12.3 Å². The zero-order valence-corrected chi connectivity index (χ0v) is 23.5. The van der Waals surface area contributed by atoms with Gasteiger partial charge in [0.1, 0.15) is 17.7 Å². The van der Waals surface area contributed by atoms with E-state index in [1.165, 1.54) is 0 Å². The van der Waals surface area contributed by atoms with Crippen LogP contribution in [0.4, 0.5) is 4.79 Å². The minimum Gasteiger partial charge on any atom is -0.444 e. The van der Waals surface area contributed by atoms with Crippen LogP contribution in [0.5, 0.6) is 0 Å². The summed E-state index contributed by atoms with van der Waals surface area (Å²) in [6.07, 6.45) is 10.4. The molecule has 0 heterocycles. The molecule has 9 nitrogen and oxygen atoms in total. The maximum atomic E-state index is 14.2. The molecule has 3 rings (SSSR count). The second-order valence-corrected chi connectivity index (χ2v) is 11.7. The van der Waals surface area contributed by atoms with Crippen molar-refractivity contribution in [2.24, 2.45) is 11.7 Å². The summed E-state index contributed by atoms with van der Waals surface area (Å²) in [4.78, 5) is 54.0. The van der Waals surface area contributed by atoms with Crippen LogP contribution in [0.2, 0.25) is 0 Å². The average Bonchev–Trinajstić information content (AvgIpc) is 3.59. The van der Waals surface area contributed by atoms with Gasteiger partial charge in [0.15, 0.2) is 0 Å². The summed E-state index contributed by atoms with van der Waals surface area (Å²) in [6.45, 7) is 7.17. The average molecular weight is 539 g/mol. The Labute approximate surface area is 231 Å². The zero-order valence-electron chi connectivity index (χ0n) is 23.5. The smallest absolute Gasteiger partial charge is 0.408 e. The minimum atomic E-state index is -1.10. The molecule has 2 aliphatic rings. The lowest BCUT2D eigenvalue weighted by Gasteiger charge is -2.36. The molecule has 9 heteroatoms. The van der Waals surface area contributed by atoms with Gasteiger partial charge >= 0.3 is 6.09 Å². The first-order valence-corrected chi connectivity index (χ1v) is 13.9. The molecule has 0 bridgehead atoms. The van der Waals surface area contributed by atoms with Gasteiger partial charge in [-0.1, -0.05) is 44.2 Å². The Morgan fingerprint density at radius 1 is 1.13 bits per heavy atom. The third-order valence-electron chi connectivity index (χ3n) is 7.22. The maximum absolute atomic E-state index is 14.2. The number of terminal acetylenes is 1. The van der Waals surface area contributed by atoms with E-state index in [2.05, 4.69) is 16.6 Å². The van der Waals surface area contributed by atoms with E-state index < -0.39 is 35.6 Å². The SMILES string of the molecule is C#Cc1ccc(C(C(=O)NC2CCCCC2)N(C(=O)C(CCC(N)=O)NC(=O)OC(C)(C)C)C2CC2C)cc1. The fourth-order valence-electron chi connectivity index (χ4n) is 5.07. The quantitative estimate of drug-likeness (QED) is 0.392. The van der Waals surface area contributed by atoms with Crippen LogP contribution < -0.4 is 16.4 Å². The van der Waals surface area contributed by atoms with Crippen molar-refractivity contribution >= 4 is 23.8 Å². The lowest BCUT2D eigenvalue weighted by Crippen LogP contribution is -2.55. The molecule has 4 N–H and O–H groups in total. The molecule has 1 aromatic carbocycles. The van der Waals surface area contributed by atoms with Gasteiger partial charge in [-0.2, -0.15) is 0 Å². The number of carbonyl (C=O) groups excluding carboxylic acids is 4. The number of nitrogens with zero attached hydrogens (tertiary/aromatic N) is 1. The number of amides is 4. The number of nitrogens with two attached hydrogens (primary N) is 1.